The van der Waals surface area contributed by atoms with Crippen LogP contribution in [0, 0.1) is 0 Å². The summed E-state index contributed by atoms with van der Waals surface area (Å²) in [6.45, 7) is 4.06. The molecule has 0 saturated carbocycles. The molecule has 124 valence electrons. The summed E-state index contributed by atoms with van der Waals surface area (Å²) in [7, 11) is 0. The lowest BCUT2D eigenvalue weighted by Gasteiger charge is -2.38. The van der Waals surface area contributed by atoms with E-state index in [4.69, 9.17) is 10.5 Å². The number of carbonyl (C=O) groups is 1. The number of hydrogen-bond donors (Lipinski definition) is 2. The van der Waals surface area contributed by atoms with Crippen LogP contribution in [0.2, 0.25) is 0 Å². The van der Waals surface area contributed by atoms with E-state index in [-0.39, 0.29) is 30.0 Å². The van der Waals surface area contributed by atoms with Crippen LogP contribution in [0.3, 0.4) is 0 Å². The normalized spacial score (nSPS) is 18.3. The van der Waals surface area contributed by atoms with Gasteiger partial charge in [0.05, 0.1) is 12.5 Å². The Kier molecular flexibility index (Phi) is 5.22. The van der Waals surface area contributed by atoms with Crippen molar-refractivity contribution < 1.29 is 9.53 Å². The second kappa shape index (κ2) is 6.81. The third kappa shape index (κ3) is 4.18. The van der Waals surface area contributed by atoms with Gasteiger partial charge in [0, 0.05) is 22.5 Å². The van der Waals surface area contributed by atoms with Crippen molar-refractivity contribution in [3.8, 4) is 5.75 Å². The van der Waals surface area contributed by atoms with Crippen molar-refractivity contribution in [3.05, 3.63) is 46.2 Å². The minimum absolute atomic E-state index is 0. The molecule has 1 aliphatic rings. The molecular weight excluding hydrogens is 332 g/mol. The molecule has 4 nitrogen and oxygen atoms in total. The van der Waals surface area contributed by atoms with E-state index in [0.717, 1.165) is 22.6 Å². The molecule has 1 aromatic carbocycles. The highest BCUT2D eigenvalue weighted by Gasteiger charge is 2.34. The number of anilines is 1. The van der Waals surface area contributed by atoms with Gasteiger partial charge in [0.25, 0.3) is 0 Å². The Morgan fingerprint density at radius 3 is 2.91 bits per heavy atom. The van der Waals surface area contributed by atoms with Gasteiger partial charge in [-0.15, -0.1) is 23.7 Å². The second-order valence-corrected chi connectivity index (χ2v) is 7.27. The molecule has 0 fully saturated rings. The molecule has 0 spiro atoms. The number of halogens is 1. The first-order valence-corrected chi connectivity index (χ1v) is 8.21. The Morgan fingerprint density at radius 2 is 2.22 bits per heavy atom. The summed E-state index contributed by atoms with van der Waals surface area (Å²) in [6, 6.07) is 9.45. The number of rotatable bonds is 3. The third-order valence-electron chi connectivity index (χ3n) is 3.74. The molecule has 3 rings (SSSR count). The lowest BCUT2D eigenvalue weighted by atomic mass is 9.89. The molecule has 2 heterocycles. The van der Waals surface area contributed by atoms with Crippen LogP contribution in [-0.2, 0) is 11.2 Å². The molecule has 23 heavy (non-hydrogen) atoms. The number of benzene rings is 1. The maximum Gasteiger partial charge on any atom is 0.225 e. The Labute approximate surface area is 146 Å². The average molecular weight is 353 g/mol. The van der Waals surface area contributed by atoms with Crippen LogP contribution in [0.1, 0.15) is 36.8 Å². The van der Waals surface area contributed by atoms with E-state index in [2.05, 4.69) is 5.32 Å². The van der Waals surface area contributed by atoms with Crippen molar-refractivity contribution in [2.75, 3.05) is 5.73 Å². The van der Waals surface area contributed by atoms with E-state index in [9.17, 15) is 4.79 Å². The molecule has 0 radical (unpaired) electrons. The van der Waals surface area contributed by atoms with E-state index < -0.39 is 0 Å². The van der Waals surface area contributed by atoms with E-state index >= 15 is 0 Å². The van der Waals surface area contributed by atoms with Crippen molar-refractivity contribution >= 4 is 35.3 Å². The molecular formula is C17H21ClN2O2S. The van der Waals surface area contributed by atoms with Gasteiger partial charge in [-0.2, -0.15) is 0 Å². The zero-order chi connectivity index (χ0) is 15.7. The summed E-state index contributed by atoms with van der Waals surface area (Å²) in [5.41, 5.74) is 7.21. The van der Waals surface area contributed by atoms with Gasteiger partial charge < -0.3 is 15.8 Å². The largest absolute Gasteiger partial charge is 0.487 e. The number of amides is 1. The number of fused-ring (bicyclic) bond motifs is 1. The van der Waals surface area contributed by atoms with Crippen molar-refractivity contribution in [1.29, 1.82) is 0 Å². The first kappa shape index (κ1) is 17.6. The van der Waals surface area contributed by atoms with Crippen molar-refractivity contribution in [2.45, 2.75) is 38.3 Å². The summed E-state index contributed by atoms with van der Waals surface area (Å²) in [5, 5.41) is 5.11. The minimum Gasteiger partial charge on any atom is -0.487 e. The maximum atomic E-state index is 12.3. The fourth-order valence-electron chi connectivity index (χ4n) is 2.82. The summed E-state index contributed by atoms with van der Waals surface area (Å²) >= 11 is 1.60. The fourth-order valence-corrected chi connectivity index (χ4v) is 3.52. The van der Waals surface area contributed by atoms with Crippen LogP contribution in [0.15, 0.2) is 35.7 Å². The molecule has 0 saturated heterocycles. The van der Waals surface area contributed by atoms with Crippen molar-refractivity contribution in [2.24, 2.45) is 0 Å². The number of hydrogen-bond acceptors (Lipinski definition) is 4. The van der Waals surface area contributed by atoms with E-state index in [0.29, 0.717) is 12.1 Å². The molecule has 2 aromatic rings. The zero-order valence-corrected chi connectivity index (χ0v) is 14.8. The quantitative estimate of drug-likeness (QED) is 0.827. The average Bonchev–Trinajstić information content (AvgIpc) is 2.91. The van der Waals surface area contributed by atoms with Crippen LogP contribution >= 0.6 is 23.7 Å². The van der Waals surface area contributed by atoms with Gasteiger partial charge in [0.2, 0.25) is 5.91 Å². The molecule has 1 aliphatic heterocycles. The number of carbonyl (C=O) groups excluding carboxylic acids is 1. The van der Waals surface area contributed by atoms with Crippen LogP contribution in [0.4, 0.5) is 5.69 Å². The zero-order valence-electron chi connectivity index (χ0n) is 13.2. The fraction of sp³-hybridized carbons (Fsp3) is 0.353. The highest BCUT2D eigenvalue weighted by Crippen LogP contribution is 2.40. The molecule has 0 aliphatic carbocycles. The number of nitrogens with one attached hydrogen (secondary N) is 1. The van der Waals surface area contributed by atoms with Crippen LogP contribution in [0.25, 0.3) is 0 Å². The first-order valence-electron chi connectivity index (χ1n) is 7.33. The van der Waals surface area contributed by atoms with E-state index in [1.165, 1.54) is 0 Å². The molecule has 1 amide bonds. The molecule has 0 bridgehead atoms. The number of thiophene rings is 1. The topological polar surface area (TPSA) is 64.4 Å². The van der Waals surface area contributed by atoms with E-state index in [1.54, 1.807) is 11.3 Å². The van der Waals surface area contributed by atoms with Gasteiger partial charge in [-0.25, -0.2) is 0 Å². The second-order valence-electron chi connectivity index (χ2n) is 6.24. The monoisotopic (exact) mass is 352 g/mol. The standard InChI is InChI=1S/C17H20N2O2S.ClH/c1-17(2)10-14(13-8-11(18)5-6-15(13)21-17)19-16(20)9-12-4-3-7-22-12;/h3-8,14H,9-10,18H2,1-2H3,(H,19,20);1H. The van der Waals surface area contributed by atoms with Gasteiger partial charge in [0.15, 0.2) is 0 Å². The van der Waals surface area contributed by atoms with Gasteiger partial charge in [-0.3, -0.25) is 4.79 Å². The third-order valence-corrected chi connectivity index (χ3v) is 4.62. The van der Waals surface area contributed by atoms with Gasteiger partial charge in [-0.05, 0) is 43.5 Å². The SMILES string of the molecule is CC1(C)CC(NC(=O)Cc2cccs2)c2cc(N)ccc2O1.Cl. The molecule has 1 unspecified atom stereocenters. The summed E-state index contributed by atoms with van der Waals surface area (Å²) in [4.78, 5) is 13.4. The minimum atomic E-state index is -0.315. The summed E-state index contributed by atoms with van der Waals surface area (Å²) < 4.78 is 5.99. The molecule has 6 heteroatoms. The number of nitrogens with two attached hydrogens (primary N) is 1. The van der Waals surface area contributed by atoms with Crippen LogP contribution in [0.5, 0.6) is 5.75 Å². The van der Waals surface area contributed by atoms with Crippen molar-refractivity contribution in [1.82, 2.24) is 5.32 Å². The number of ether oxygens (including phenoxy) is 1. The Balaban J connectivity index is 0.00000192. The Morgan fingerprint density at radius 1 is 1.43 bits per heavy atom. The summed E-state index contributed by atoms with van der Waals surface area (Å²) in [5.74, 6) is 0.824. The predicted octanol–water partition coefficient (Wildman–Crippen LogP) is 3.71. The lowest BCUT2D eigenvalue weighted by molar-refractivity contribution is -0.121. The van der Waals surface area contributed by atoms with Gasteiger partial charge in [0.1, 0.15) is 11.4 Å². The van der Waals surface area contributed by atoms with E-state index in [1.807, 2.05) is 49.6 Å². The number of nitrogen functional groups attached to an aromatic ring is 1. The highest BCUT2D eigenvalue weighted by molar-refractivity contribution is 7.10. The first-order chi connectivity index (χ1) is 10.4. The van der Waals surface area contributed by atoms with Crippen LogP contribution in [-0.4, -0.2) is 11.5 Å². The predicted molar refractivity (Wildman–Crippen MR) is 96.3 cm³/mol. The molecule has 1 atom stereocenters. The smallest absolute Gasteiger partial charge is 0.225 e. The molecule has 1 aromatic heterocycles. The lowest BCUT2D eigenvalue weighted by Crippen LogP contribution is -2.41. The molecule has 3 N–H and O–H groups in total. The highest BCUT2D eigenvalue weighted by atomic mass is 35.5. The van der Waals surface area contributed by atoms with Crippen molar-refractivity contribution in [3.63, 3.8) is 0 Å². The van der Waals surface area contributed by atoms with Gasteiger partial charge in [-0.1, -0.05) is 6.07 Å². The van der Waals surface area contributed by atoms with Gasteiger partial charge >= 0.3 is 0 Å². The summed E-state index contributed by atoms with van der Waals surface area (Å²) in [6.07, 6.45) is 1.13. The Bertz CT molecular complexity index is 686. The maximum absolute atomic E-state index is 12.3. The Hall–Kier alpha value is -1.72. The van der Waals surface area contributed by atoms with Crippen LogP contribution < -0.4 is 15.8 Å².